The largest absolute Gasteiger partial charge is 0.316 e. The van der Waals surface area contributed by atoms with E-state index < -0.39 is 0 Å². The zero-order valence-corrected chi connectivity index (χ0v) is 14.7. The molecule has 130 valence electrons. The summed E-state index contributed by atoms with van der Waals surface area (Å²) in [6.07, 6.45) is 2.42. The van der Waals surface area contributed by atoms with Crippen LogP contribution in [-0.4, -0.2) is 28.1 Å². The van der Waals surface area contributed by atoms with Gasteiger partial charge in [-0.25, -0.2) is 4.68 Å². The molecule has 2 heterocycles. The molecule has 0 radical (unpaired) electrons. The number of hydrogen-bond acceptors (Lipinski definition) is 3. The molecule has 1 aliphatic heterocycles. The van der Waals surface area contributed by atoms with Gasteiger partial charge in [-0.05, 0) is 59.8 Å². The maximum Gasteiger partial charge on any atom is 0.113 e. The van der Waals surface area contributed by atoms with Crippen LogP contribution in [0.5, 0.6) is 0 Å². The minimum Gasteiger partial charge on any atom is -0.316 e. The predicted molar refractivity (Wildman–Crippen MR) is 105 cm³/mol. The van der Waals surface area contributed by atoms with Crippen LogP contribution in [0.4, 0.5) is 0 Å². The molecule has 1 aromatic heterocycles. The number of aromatic nitrogens is 3. The zero-order chi connectivity index (χ0) is 17.3. The number of benzene rings is 3. The molecule has 3 aromatic carbocycles. The molecule has 0 saturated carbocycles. The lowest BCUT2D eigenvalue weighted by atomic mass is 9.86. The fourth-order valence-corrected chi connectivity index (χ4v) is 4.25. The van der Waals surface area contributed by atoms with Crippen LogP contribution < -0.4 is 5.32 Å². The molecule has 4 aromatic rings. The number of nitrogens with zero attached hydrogens (tertiary/aromatic N) is 3. The smallest absolute Gasteiger partial charge is 0.113 e. The standard InChI is InChI=1S/C22H22N4/c1-2-7-17-14-18(12-11-16(17)6-1)22(19-8-5-13-23-15-19)26-21-10-4-3-9-20(21)24-25-26/h1-4,6-7,9-12,14,19,22-23H,5,8,13,15H2/t19-,22-/m0/s1. The SMILES string of the molecule is c1ccc2cc([C@@H]([C@H]3CCCNC3)n3nnc4ccccc43)ccc2c1. The van der Waals surface area contributed by atoms with Crippen LogP contribution in [0.3, 0.4) is 0 Å². The lowest BCUT2D eigenvalue weighted by Gasteiger charge is -2.31. The molecule has 0 bridgehead atoms. The maximum absolute atomic E-state index is 4.57. The molecule has 1 N–H and O–H groups in total. The third-order valence-corrected chi connectivity index (χ3v) is 5.54. The van der Waals surface area contributed by atoms with Crippen LogP contribution in [0.2, 0.25) is 0 Å². The van der Waals surface area contributed by atoms with Crippen LogP contribution in [0.1, 0.15) is 24.4 Å². The van der Waals surface area contributed by atoms with Gasteiger partial charge in [0.1, 0.15) is 5.52 Å². The van der Waals surface area contributed by atoms with Crippen LogP contribution in [0.15, 0.2) is 66.7 Å². The Morgan fingerprint density at radius 3 is 2.69 bits per heavy atom. The minimum absolute atomic E-state index is 0.194. The van der Waals surface area contributed by atoms with E-state index in [0.717, 1.165) is 24.1 Å². The monoisotopic (exact) mass is 342 g/mol. The highest BCUT2D eigenvalue weighted by molar-refractivity contribution is 5.83. The summed E-state index contributed by atoms with van der Waals surface area (Å²) in [5.41, 5.74) is 3.38. The minimum atomic E-state index is 0.194. The molecule has 0 spiro atoms. The fourth-order valence-electron chi connectivity index (χ4n) is 4.25. The summed E-state index contributed by atoms with van der Waals surface area (Å²) in [5.74, 6) is 0.509. The molecule has 4 nitrogen and oxygen atoms in total. The summed E-state index contributed by atoms with van der Waals surface area (Å²) in [6, 6.07) is 23.8. The van der Waals surface area contributed by atoms with Crippen LogP contribution in [0, 0.1) is 5.92 Å². The van der Waals surface area contributed by atoms with E-state index in [2.05, 4.69) is 74.9 Å². The molecule has 2 atom stereocenters. The van der Waals surface area contributed by atoms with Crippen molar-refractivity contribution in [3.63, 3.8) is 0 Å². The van der Waals surface area contributed by atoms with Gasteiger partial charge in [-0.15, -0.1) is 5.10 Å². The van der Waals surface area contributed by atoms with Crippen molar-refractivity contribution in [1.82, 2.24) is 20.3 Å². The Hall–Kier alpha value is -2.72. The lowest BCUT2D eigenvalue weighted by Crippen LogP contribution is -2.36. The Balaban J connectivity index is 1.67. The first-order valence-electron chi connectivity index (χ1n) is 9.39. The molecule has 0 amide bonds. The van der Waals surface area contributed by atoms with Gasteiger partial charge in [0.05, 0.1) is 11.6 Å². The molecule has 0 unspecified atom stereocenters. The first-order valence-corrected chi connectivity index (χ1v) is 9.39. The van der Waals surface area contributed by atoms with Crippen molar-refractivity contribution in [2.24, 2.45) is 5.92 Å². The van der Waals surface area contributed by atoms with Crippen LogP contribution >= 0.6 is 0 Å². The van der Waals surface area contributed by atoms with Gasteiger partial charge in [0.25, 0.3) is 0 Å². The topological polar surface area (TPSA) is 42.7 Å². The van der Waals surface area contributed by atoms with Crippen molar-refractivity contribution in [2.75, 3.05) is 13.1 Å². The average molecular weight is 342 g/mol. The molecule has 5 rings (SSSR count). The van der Waals surface area contributed by atoms with Crippen molar-refractivity contribution in [3.05, 3.63) is 72.3 Å². The lowest BCUT2D eigenvalue weighted by molar-refractivity contribution is 0.283. The van der Waals surface area contributed by atoms with Crippen molar-refractivity contribution >= 4 is 21.8 Å². The highest BCUT2D eigenvalue weighted by Gasteiger charge is 2.28. The van der Waals surface area contributed by atoms with E-state index in [1.807, 2.05) is 12.1 Å². The summed E-state index contributed by atoms with van der Waals surface area (Å²) in [7, 11) is 0. The van der Waals surface area contributed by atoms with Gasteiger partial charge in [0.2, 0.25) is 0 Å². The number of hydrogen-bond donors (Lipinski definition) is 1. The van der Waals surface area contributed by atoms with Crippen LogP contribution in [0.25, 0.3) is 21.8 Å². The van der Waals surface area contributed by atoms with Gasteiger partial charge >= 0.3 is 0 Å². The maximum atomic E-state index is 4.57. The summed E-state index contributed by atoms with van der Waals surface area (Å²) in [4.78, 5) is 0. The van der Waals surface area contributed by atoms with Crippen LogP contribution in [-0.2, 0) is 0 Å². The summed E-state index contributed by atoms with van der Waals surface area (Å²) < 4.78 is 2.14. The van der Waals surface area contributed by atoms with E-state index in [1.165, 1.54) is 29.2 Å². The fraction of sp³-hybridized carbons (Fsp3) is 0.273. The first kappa shape index (κ1) is 15.5. The quantitative estimate of drug-likeness (QED) is 0.607. The third kappa shape index (κ3) is 2.67. The number of nitrogens with one attached hydrogen (secondary N) is 1. The Morgan fingerprint density at radius 2 is 1.81 bits per heavy atom. The van der Waals surface area contributed by atoms with Gasteiger partial charge in [-0.1, -0.05) is 53.7 Å². The molecule has 0 aliphatic carbocycles. The van der Waals surface area contributed by atoms with Crippen molar-refractivity contribution < 1.29 is 0 Å². The van der Waals surface area contributed by atoms with Crippen molar-refractivity contribution in [3.8, 4) is 0 Å². The average Bonchev–Trinajstić information content (AvgIpc) is 3.13. The second-order valence-corrected chi connectivity index (χ2v) is 7.18. The van der Waals surface area contributed by atoms with Gasteiger partial charge in [-0.2, -0.15) is 0 Å². The Kier molecular flexibility index (Phi) is 3.91. The Labute approximate surface area is 152 Å². The third-order valence-electron chi connectivity index (χ3n) is 5.54. The van der Waals surface area contributed by atoms with E-state index in [0.29, 0.717) is 5.92 Å². The van der Waals surface area contributed by atoms with Gasteiger partial charge < -0.3 is 5.32 Å². The Morgan fingerprint density at radius 1 is 0.962 bits per heavy atom. The van der Waals surface area contributed by atoms with Crippen molar-refractivity contribution in [1.29, 1.82) is 0 Å². The molecule has 26 heavy (non-hydrogen) atoms. The van der Waals surface area contributed by atoms with E-state index >= 15 is 0 Å². The van der Waals surface area contributed by atoms with Gasteiger partial charge in [0, 0.05) is 6.54 Å². The number of rotatable bonds is 3. The highest BCUT2D eigenvalue weighted by atomic mass is 15.4. The second kappa shape index (κ2) is 6.54. The normalized spacial score (nSPS) is 19.0. The number of fused-ring (bicyclic) bond motifs is 2. The van der Waals surface area contributed by atoms with E-state index in [1.54, 1.807) is 0 Å². The number of para-hydroxylation sites is 1. The molecule has 1 aliphatic rings. The molecular formula is C22H22N4. The summed E-state index contributed by atoms with van der Waals surface area (Å²) in [5, 5.41) is 15.1. The number of piperidine rings is 1. The van der Waals surface area contributed by atoms with E-state index in [4.69, 9.17) is 0 Å². The predicted octanol–water partition coefficient (Wildman–Crippen LogP) is 4.17. The summed E-state index contributed by atoms with van der Waals surface area (Å²) in [6.45, 7) is 2.13. The molecule has 1 saturated heterocycles. The highest BCUT2D eigenvalue weighted by Crippen LogP contribution is 2.34. The molecular weight excluding hydrogens is 320 g/mol. The van der Waals surface area contributed by atoms with Crippen molar-refractivity contribution in [2.45, 2.75) is 18.9 Å². The molecule has 4 heteroatoms. The van der Waals surface area contributed by atoms with Gasteiger partial charge in [-0.3, -0.25) is 0 Å². The first-order chi connectivity index (χ1) is 12.9. The van der Waals surface area contributed by atoms with E-state index in [9.17, 15) is 0 Å². The summed E-state index contributed by atoms with van der Waals surface area (Å²) >= 11 is 0. The van der Waals surface area contributed by atoms with Gasteiger partial charge in [0.15, 0.2) is 0 Å². The second-order valence-electron chi connectivity index (χ2n) is 7.18. The zero-order valence-electron chi connectivity index (χ0n) is 14.7. The van der Waals surface area contributed by atoms with E-state index in [-0.39, 0.29) is 6.04 Å². The Bertz CT molecular complexity index is 1050. The molecule has 1 fully saturated rings.